The number of aromatic nitrogens is 1. The smallest absolute Gasteiger partial charge is 0.186 e. The zero-order chi connectivity index (χ0) is 14.5. The van der Waals surface area contributed by atoms with Gasteiger partial charge in [-0.05, 0) is 32.2 Å². The van der Waals surface area contributed by atoms with Crippen molar-refractivity contribution in [3.63, 3.8) is 0 Å². The molecule has 0 aliphatic heterocycles. The minimum absolute atomic E-state index is 0.692. The van der Waals surface area contributed by atoms with Crippen molar-refractivity contribution in [3.8, 4) is 0 Å². The van der Waals surface area contributed by atoms with E-state index in [-0.39, 0.29) is 0 Å². The number of hydrogen-bond acceptors (Lipinski definition) is 4. The van der Waals surface area contributed by atoms with Crippen LogP contribution in [0, 0.1) is 5.92 Å². The molecule has 1 fully saturated rings. The second-order valence-electron chi connectivity index (χ2n) is 6.23. The Morgan fingerprint density at radius 1 is 1.35 bits per heavy atom. The summed E-state index contributed by atoms with van der Waals surface area (Å²) >= 11 is 1.90. The molecule has 0 amide bonds. The van der Waals surface area contributed by atoms with Crippen LogP contribution in [-0.4, -0.2) is 24.6 Å². The number of aryl methyl sites for hydroxylation is 1. The molecule has 2 rings (SSSR count). The standard InChI is InChI=1S/C16H29N3S/c1-5-14-15(10-17-4)20-16(18-14)19(11-12(2)3)13-8-6-7-9-13/h12-13,17H,5-11H2,1-4H3. The highest BCUT2D eigenvalue weighted by atomic mass is 32.1. The fraction of sp³-hybridized carbons (Fsp3) is 0.812. The number of thiazole rings is 1. The van der Waals surface area contributed by atoms with E-state index in [0.29, 0.717) is 5.92 Å². The van der Waals surface area contributed by atoms with Crippen molar-refractivity contribution in [2.24, 2.45) is 5.92 Å². The van der Waals surface area contributed by atoms with Gasteiger partial charge in [-0.15, -0.1) is 11.3 Å². The summed E-state index contributed by atoms with van der Waals surface area (Å²) in [5.41, 5.74) is 1.28. The van der Waals surface area contributed by atoms with Crippen molar-refractivity contribution in [1.82, 2.24) is 10.3 Å². The van der Waals surface area contributed by atoms with E-state index in [9.17, 15) is 0 Å². The molecule has 0 bridgehead atoms. The van der Waals surface area contributed by atoms with Crippen LogP contribution < -0.4 is 10.2 Å². The lowest BCUT2D eigenvalue weighted by Crippen LogP contribution is -2.36. The molecule has 0 unspecified atom stereocenters. The van der Waals surface area contributed by atoms with Crippen molar-refractivity contribution >= 4 is 16.5 Å². The van der Waals surface area contributed by atoms with Gasteiger partial charge in [0.15, 0.2) is 5.13 Å². The highest BCUT2D eigenvalue weighted by molar-refractivity contribution is 7.15. The maximum atomic E-state index is 4.95. The molecule has 1 aliphatic rings. The van der Waals surface area contributed by atoms with Gasteiger partial charge in [-0.2, -0.15) is 0 Å². The normalized spacial score (nSPS) is 16.2. The number of rotatable bonds is 7. The second-order valence-corrected chi connectivity index (χ2v) is 7.30. The first-order chi connectivity index (χ1) is 9.65. The molecule has 1 N–H and O–H groups in total. The number of nitrogens with one attached hydrogen (secondary N) is 1. The van der Waals surface area contributed by atoms with Crippen LogP contribution in [0.3, 0.4) is 0 Å². The molecule has 0 aromatic carbocycles. The Morgan fingerprint density at radius 3 is 2.60 bits per heavy atom. The van der Waals surface area contributed by atoms with E-state index in [1.54, 1.807) is 0 Å². The van der Waals surface area contributed by atoms with Gasteiger partial charge < -0.3 is 10.2 Å². The van der Waals surface area contributed by atoms with E-state index in [1.165, 1.54) is 41.4 Å². The quantitative estimate of drug-likeness (QED) is 0.828. The molecule has 1 aromatic rings. The van der Waals surface area contributed by atoms with E-state index in [4.69, 9.17) is 4.98 Å². The van der Waals surface area contributed by atoms with Crippen LogP contribution in [0.25, 0.3) is 0 Å². The van der Waals surface area contributed by atoms with E-state index < -0.39 is 0 Å². The largest absolute Gasteiger partial charge is 0.345 e. The van der Waals surface area contributed by atoms with Gasteiger partial charge in [0.1, 0.15) is 0 Å². The lowest BCUT2D eigenvalue weighted by molar-refractivity contribution is 0.534. The summed E-state index contributed by atoms with van der Waals surface area (Å²) in [6.07, 6.45) is 6.49. The Labute approximate surface area is 127 Å². The second kappa shape index (κ2) is 7.41. The summed E-state index contributed by atoms with van der Waals surface area (Å²) < 4.78 is 0. The molecule has 114 valence electrons. The van der Waals surface area contributed by atoms with Crippen LogP contribution in [0.2, 0.25) is 0 Å². The molecular formula is C16H29N3S. The van der Waals surface area contributed by atoms with E-state index in [1.807, 2.05) is 18.4 Å². The molecule has 0 atom stereocenters. The minimum atomic E-state index is 0.692. The highest BCUT2D eigenvalue weighted by Gasteiger charge is 2.26. The third kappa shape index (κ3) is 3.73. The van der Waals surface area contributed by atoms with Gasteiger partial charge in [-0.25, -0.2) is 4.98 Å². The zero-order valence-electron chi connectivity index (χ0n) is 13.4. The Kier molecular flexibility index (Phi) is 5.85. The Morgan fingerprint density at radius 2 is 2.05 bits per heavy atom. The molecule has 4 heteroatoms. The van der Waals surface area contributed by atoms with Gasteiger partial charge in [-0.3, -0.25) is 0 Å². The van der Waals surface area contributed by atoms with Gasteiger partial charge >= 0.3 is 0 Å². The Hall–Kier alpha value is -0.610. The molecule has 0 radical (unpaired) electrons. The van der Waals surface area contributed by atoms with Crippen LogP contribution in [-0.2, 0) is 13.0 Å². The summed E-state index contributed by atoms with van der Waals surface area (Å²) in [5, 5.41) is 4.53. The average Bonchev–Trinajstić information content (AvgIpc) is 3.05. The van der Waals surface area contributed by atoms with Crippen molar-refractivity contribution in [3.05, 3.63) is 10.6 Å². The molecule has 0 saturated heterocycles. The van der Waals surface area contributed by atoms with Gasteiger partial charge in [-0.1, -0.05) is 33.6 Å². The fourth-order valence-corrected chi connectivity index (χ4v) is 4.30. The predicted octanol–water partition coefficient (Wildman–Crippen LogP) is 3.83. The number of hydrogen-bond donors (Lipinski definition) is 1. The van der Waals surface area contributed by atoms with Crippen molar-refractivity contribution in [2.75, 3.05) is 18.5 Å². The molecule has 20 heavy (non-hydrogen) atoms. The van der Waals surface area contributed by atoms with Crippen molar-refractivity contribution in [2.45, 2.75) is 65.5 Å². The lowest BCUT2D eigenvalue weighted by atomic mass is 10.1. The van der Waals surface area contributed by atoms with Crippen LogP contribution in [0.4, 0.5) is 5.13 Å². The van der Waals surface area contributed by atoms with Crippen LogP contribution in [0.1, 0.15) is 57.0 Å². The third-order valence-electron chi connectivity index (χ3n) is 4.01. The SMILES string of the molecule is CCc1nc(N(CC(C)C)C2CCCC2)sc1CNC. The number of anilines is 1. The van der Waals surface area contributed by atoms with Crippen LogP contribution in [0.5, 0.6) is 0 Å². The zero-order valence-corrected chi connectivity index (χ0v) is 14.2. The summed E-state index contributed by atoms with van der Waals surface area (Å²) in [7, 11) is 2.02. The summed E-state index contributed by atoms with van der Waals surface area (Å²) in [6, 6.07) is 0.718. The van der Waals surface area contributed by atoms with Crippen LogP contribution in [0.15, 0.2) is 0 Å². The molecule has 1 heterocycles. The fourth-order valence-electron chi connectivity index (χ4n) is 3.06. The molecular weight excluding hydrogens is 266 g/mol. The lowest BCUT2D eigenvalue weighted by Gasteiger charge is -2.30. The summed E-state index contributed by atoms with van der Waals surface area (Å²) in [4.78, 5) is 8.96. The van der Waals surface area contributed by atoms with E-state index >= 15 is 0 Å². The first-order valence-corrected chi connectivity index (χ1v) is 8.87. The van der Waals surface area contributed by atoms with Crippen molar-refractivity contribution < 1.29 is 0 Å². The molecule has 1 aliphatic carbocycles. The van der Waals surface area contributed by atoms with Gasteiger partial charge in [0.05, 0.1) is 5.69 Å². The molecule has 3 nitrogen and oxygen atoms in total. The Bertz CT molecular complexity index is 408. The average molecular weight is 295 g/mol. The minimum Gasteiger partial charge on any atom is -0.345 e. The topological polar surface area (TPSA) is 28.2 Å². The van der Waals surface area contributed by atoms with Crippen LogP contribution >= 0.6 is 11.3 Å². The third-order valence-corrected chi connectivity index (χ3v) is 5.15. The van der Waals surface area contributed by atoms with Gasteiger partial charge in [0.2, 0.25) is 0 Å². The van der Waals surface area contributed by atoms with Gasteiger partial charge in [0, 0.05) is 24.0 Å². The Balaban J connectivity index is 2.22. The predicted molar refractivity (Wildman–Crippen MR) is 88.7 cm³/mol. The van der Waals surface area contributed by atoms with Crippen molar-refractivity contribution in [1.29, 1.82) is 0 Å². The maximum Gasteiger partial charge on any atom is 0.186 e. The monoisotopic (exact) mass is 295 g/mol. The maximum absolute atomic E-state index is 4.95. The molecule has 1 saturated carbocycles. The molecule has 0 spiro atoms. The number of nitrogens with zero attached hydrogens (tertiary/aromatic N) is 2. The van der Waals surface area contributed by atoms with Gasteiger partial charge in [0.25, 0.3) is 0 Å². The summed E-state index contributed by atoms with van der Waals surface area (Å²) in [5.74, 6) is 0.692. The summed E-state index contributed by atoms with van der Waals surface area (Å²) in [6.45, 7) is 8.91. The first kappa shape index (κ1) is 15.8. The highest BCUT2D eigenvalue weighted by Crippen LogP contribution is 2.33. The molecule has 1 aromatic heterocycles. The van der Waals surface area contributed by atoms with E-state index in [0.717, 1.165) is 25.6 Å². The first-order valence-electron chi connectivity index (χ1n) is 8.05. The van der Waals surface area contributed by atoms with E-state index in [2.05, 4.69) is 31.0 Å².